The second kappa shape index (κ2) is 4.54. The first-order chi connectivity index (χ1) is 6.15. The summed E-state index contributed by atoms with van der Waals surface area (Å²) in [5.41, 5.74) is 1.02. The van der Waals surface area contributed by atoms with Crippen LogP contribution in [-0.4, -0.2) is 9.52 Å². The maximum atomic E-state index is 11.4. The quantitative estimate of drug-likeness (QED) is 0.622. The lowest BCUT2D eigenvalue weighted by Crippen LogP contribution is -2.06. The molecule has 1 aromatic carbocycles. The van der Waals surface area contributed by atoms with Gasteiger partial charge in [-0.3, -0.25) is 4.79 Å². The maximum absolute atomic E-state index is 11.4. The summed E-state index contributed by atoms with van der Waals surface area (Å²) in [4.78, 5) is 11.4. The predicted octanol–water partition coefficient (Wildman–Crippen LogP) is 2.86. The average Bonchev–Trinajstić information content (AvgIpc) is 2.16. The molecule has 0 fully saturated rings. The van der Waals surface area contributed by atoms with Crippen molar-refractivity contribution in [2.45, 2.75) is 3.74 Å². The Morgan fingerprint density at radius 1 is 1.46 bits per heavy atom. The fourth-order valence-electron chi connectivity index (χ4n) is 0.868. The van der Waals surface area contributed by atoms with Crippen molar-refractivity contribution in [3.63, 3.8) is 0 Å². The minimum absolute atomic E-state index is 0.0860. The number of hydrogen-bond donors (Lipinski definition) is 0. The van der Waals surface area contributed by atoms with Gasteiger partial charge in [0, 0.05) is 5.56 Å². The Morgan fingerprint density at radius 3 is 2.69 bits per heavy atom. The Kier molecular flexibility index (Phi) is 3.64. The number of ketones is 1. The molecule has 2 nitrogen and oxygen atoms in total. The maximum Gasteiger partial charge on any atom is 0.187 e. The molecule has 0 amide bonds. The second-order valence-electron chi connectivity index (χ2n) is 2.36. The molecule has 0 radical (unpaired) electrons. The van der Waals surface area contributed by atoms with Gasteiger partial charge in [-0.05, 0) is 12.1 Å². The topological polar surface area (TPSA) is 40.9 Å². The smallest absolute Gasteiger partial charge is 0.187 e. The van der Waals surface area contributed by atoms with Crippen LogP contribution in [0.15, 0.2) is 24.3 Å². The molecular formula is C9H5Br2NO. The highest BCUT2D eigenvalue weighted by atomic mass is 79.9. The van der Waals surface area contributed by atoms with Crippen LogP contribution in [0, 0.1) is 11.3 Å². The number of alkyl halides is 2. The number of hydrogen-bond acceptors (Lipinski definition) is 2. The van der Waals surface area contributed by atoms with E-state index in [9.17, 15) is 4.79 Å². The Morgan fingerprint density at radius 2 is 2.15 bits per heavy atom. The van der Waals surface area contributed by atoms with Gasteiger partial charge in [0.05, 0.1) is 11.6 Å². The fraction of sp³-hybridized carbons (Fsp3) is 0.111. The number of nitrogens with zero attached hydrogens (tertiary/aromatic N) is 1. The standard InChI is InChI=1S/C9H5Br2NO/c10-9(11)8(13)7-3-1-2-6(4-7)5-12/h1-4,9H. The van der Waals surface area contributed by atoms with E-state index >= 15 is 0 Å². The molecule has 0 aromatic heterocycles. The van der Waals surface area contributed by atoms with Gasteiger partial charge in [-0.2, -0.15) is 5.26 Å². The van der Waals surface area contributed by atoms with E-state index in [0.717, 1.165) is 0 Å². The minimum Gasteiger partial charge on any atom is -0.292 e. The lowest BCUT2D eigenvalue weighted by molar-refractivity contribution is 0.101. The van der Waals surface area contributed by atoms with Crippen LogP contribution in [0.5, 0.6) is 0 Å². The first-order valence-corrected chi connectivity index (χ1v) is 5.31. The number of nitriles is 1. The van der Waals surface area contributed by atoms with E-state index in [1.165, 1.54) is 0 Å². The lowest BCUT2D eigenvalue weighted by atomic mass is 10.1. The van der Waals surface area contributed by atoms with Crippen LogP contribution in [0.1, 0.15) is 15.9 Å². The largest absolute Gasteiger partial charge is 0.292 e. The van der Waals surface area contributed by atoms with E-state index in [4.69, 9.17) is 5.26 Å². The normalized spacial score (nSPS) is 9.69. The third-order valence-electron chi connectivity index (χ3n) is 1.47. The first kappa shape index (κ1) is 10.4. The van der Waals surface area contributed by atoms with Crippen LogP contribution >= 0.6 is 31.9 Å². The van der Waals surface area contributed by atoms with Gasteiger partial charge in [0.2, 0.25) is 0 Å². The van der Waals surface area contributed by atoms with E-state index in [0.29, 0.717) is 11.1 Å². The molecule has 0 spiro atoms. The fourth-order valence-corrected chi connectivity index (χ4v) is 1.40. The number of benzene rings is 1. The van der Waals surface area contributed by atoms with Crippen molar-refractivity contribution in [3.05, 3.63) is 35.4 Å². The van der Waals surface area contributed by atoms with Crippen LogP contribution in [0.3, 0.4) is 0 Å². The summed E-state index contributed by atoms with van der Waals surface area (Å²) in [6.45, 7) is 0. The summed E-state index contributed by atoms with van der Waals surface area (Å²) in [6.07, 6.45) is 0. The molecule has 0 bridgehead atoms. The highest BCUT2D eigenvalue weighted by Gasteiger charge is 2.13. The van der Waals surface area contributed by atoms with Crippen molar-refractivity contribution in [1.82, 2.24) is 0 Å². The second-order valence-corrected chi connectivity index (χ2v) is 5.42. The van der Waals surface area contributed by atoms with Crippen LogP contribution in [0.2, 0.25) is 0 Å². The van der Waals surface area contributed by atoms with Crippen LogP contribution in [0.4, 0.5) is 0 Å². The van der Waals surface area contributed by atoms with Crippen LogP contribution < -0.4 is 0 Å². The average molecular weight is 303 g/mol. The Hall–Kier alpha value is -0.660. The van der Waals surface area contributed by atoms with Crippen molar-refractivity contribution in [1.29, 1.82) is 5.26 Å². The van der Waals surface area contributed by atoms with Gasteiger partial charge < -0.3 is 0 Å². The van der Waals surface area contributed by atoms with Gasteiger partial charge in [0.15, 0.2) is 5.78 Å². The zero-order chi connectivity index (χ0) is 9.84. The van der Waals surface area contributed by atoms with Crippen molar-refractivity contribution in [2.75, 3.05) is 0 Å². The van der Waals surface area contributed by atoms with Crippen LogP contribution in [0.25, 0.3) is 0 Å². The highest BCUT2D eigenvalue weighted by molar-refractivity contribution is 9.25. The molecule has 66 valence electrons. The molecule has 0 heterocycles. The third-order valence-corrected chi connectivity index (χ3v) is 2.31. The van der Waals surface area contributed by atoms with E-state index in [2.05, 4.69) is 31.9 Å². The molecule has 0 atom stereocenters. The molecule has 4 heteroatoms. The third kappa shape index (κ3) is 2.64. The van der Waals surface area contributed by atoms with Gasteiger partial charge >= 0.3 is 0 Å². The molecule has 0 aliphatic heterocycles. The highest BCUT2D eigenvalue weighted by Crippen LogP contribution is 2.16. The molecule has 0 saturated heterocycles. The van der Waals surface area contributed by atoms with E-state index in [1.807, 2.05) is 6.07 Å². The zero-order valence-electron chi connectivity index (χ0n) is 6.50. The summed E-state index contributed by atoms with van der Waals surface area (Å²) in [6, 6.07) is 8.57. The lowest BCUT2D eigenvalue weighted by Gasteiger charge is -2.00. The summed E-state index contributed by atoms with van der Waals surface area (Å²) >= 11 is 6.21. The van der Waals surface area contributed by atoms with Crippen molar-refractivity contribution in [3.8, 4) is 6.07 Å². The Bertz CT molecular complexity index is 368. The van der Waals surface area contributed by atoms with Crippen LogP contribution in [-0.2, 0) is 0 Å². The minimum atomic E-state index is -0.394. The number of Topliss-reactive ketones (excluding diaryl/α,β-unsaturated/α-hetero) is 1. The molecule has 0 unspecified atom stereocenters. The number of halogens is 2. The number of carbonyl (C=O) groups excluding carboxylic acids is 1. The summed E-state index contributed by atoms with van der Waals surface area (Å²) in [5, 5.41) is 8.60. The number of carbonyl (C=O) groups is 1. The Labute approximate surface area is 92.8 Å². The van der Waals surface area contributed by atoms with E-state index < -0.39 is 3.74 Å². The van der Waals surface area contributed by atoms with Crippen molar-refractivity contribution >= 4 is 37.6 Å². The van der Waals surface area contributed by atoms with Crippen molar-refractivity contribution < 1.29 is 4.79 Å². The zero-order valence-corrected chi connectivity index (χ0v) is 9.67. The van der Waals surface area contributed by atoms with Gasteiger partial charge in [-0.25, -0.2) is 0 Å². The van der Waals surface area contributed by atoms with E-state index in [-0.39, 0.29) is 5.78 Å². The molecule has 1 aromatic rings. The first-order valence-electron chi connectivity index (χ1n) is 3.47. The molecular weight excluding hydrogens is 298 g/mol. The van der Waals surface area contributed by atoms with E-state index in [1.54, 1.807) is 24.3 Å². The summed E-state index contributed by atoms with van der Waals surface area (Å²) in [7, 11) is 0. The Balaban J connectivity index is 3.04. The predicted molar refractivity (Wildman–Crippen MR) is 57.1 cm³/mol. The molecule has 13 heavy (non-hydrogen) atoms. The SMILES string of the molecule is N#Cc1cccc(C(=O)C(Br)Br)c1. The van der Waals surface area contributed by atoms with Gasteiger partial charge in [-0.15, -0.1) is 0 Å². The van der Waals surface area contributed by atoms with Crippen molar-refractivity contribution in [2.24, 2.45) is 0 Å². The summed E-state index contributed by atoms with van der Waals surface area (Å²) < 4.78 is -0.394. The van der Waals surface area contributed by atoms with Gasteiger partial charge in [0.1, 0.15) is 3.74 Å². The monoisotopic (exact) mass is 301 g/mol. The van der Waals surface area contributed by atoms with Gasteiger partial charge in [-0.1, -0.05) is 44.0 Å². The molecule has 0 aliphatic carbocycles. The van der Waals surface area contributed by atoms with Gasteiger partial charge in [0.25, 0.3) is 0 Å². The summed E-state index contributed by atoms with van der Waals surface area (Å²) in [5.74, 6) is -0.0860. The number of rotatable bonds is 2. The molecule has 0 N–H and O–H groups in total. The molecule has 1 rings (SSSR count). The molecule has 0 saturated carbocycles. The molecule has 0 aliphatic rings.